The first kappa shape index (κ1) is 16.1. The summed E-state index contributed by atoms with van der Waals surface area (Å²) in [6.45, 7) is 6.72. The molecule has 0 unspecified atom stereocenters. The van der Waals surface area contributed by atoms with Crippen molar-refractivity contribution in [3.8, 4) is 0 Å². The van der Waals surface area contributed by atoms with E-state index in [-0.39, 0.29) is 24.8 Å². The van der Waals surface area contributed by atoms with E-state index in [9.17, 15) is 0 Å². The van der Waals surface area contributed by atoms with Crippen LogP contribution in [0.1, 0.15) is 26.3 Å². The van der Waals surface area contributed by atoms with E-state index in [0.717, 1.165) is 0 Å². The molecule has 73 valence electrons. The molecule has 0 saturated carbocycles. The summed E-state index contributed by atoms with van der Waals surface area (Å²) in [7, 11) is 0. The van der Waals surface area contributed by atoms with E-state index >= 15 is 0 Å². The van der Waals surface area contributed by atoms with E-state index in [1.165, 1.54) is 33.6 Å². The molecule has 0 aliphatic rings. The molecule has 0 N–H and O–H groups in total. The van der Waals surface area contributed by atoms with Gasteiger partial charge in [-0.3, -0.25) is 0 Å². The van der Waals surface area contributed by atoms with Crippen molar-refractivity contribution in [2.75, 3.05) is 0 Å². The zero-order valence-corrected chi connectivity index (χ0v) is 12.2. The number of hydrogen-bond acceptors (Lipinski definition) is 0. The fourth-order valence-electron chi connectivity index (χ4n) is 0.970. The van der Waals surface area contributed by atoms with Gasteiger partial charge in [0.05, 0.1) is 0 Å². The second-order valence-corrected chi connectivity index (χ2v) is 5.25. The minimum absolute atomic E-state index is 0. The van der Waals surface area contributed by atoms with Gasteiger partial charge in [-0.15, -0.1) is 24.8 Å². The van der Waals surface area contributed by atoms with Crippen LogP contribution in [0.5, 0.6) is 0 Å². The van der Waals surface area contributed by atoms with Gasteiger partial charge in [0.25, 0.3) is 0 Å². The molecule has 0 bridgehead atoms. The molecule has 0 atom stereocenters. The Morgan fingerprint density at radius 2 is 1.31 bits per heavy atom. The molecule has 13 heavy (non-hydrogen) atoms. The first-order valence-electron chi connectivity index (χ1n) is 3.82. The van der Waals surface area contributed by atoms with Crippen LogP contribution in [0.25, 0.3) is 0 Å². The first-order valence-corrected chi connectivity index (χ1v) is 5.05. The number of benzene rings is 1. The second kappa shape index (κ2) is 6.22. The topological polar surface area (TPSA) is 0 Å². The molecule has 1 aromatic carbocycles. The zero-order chi connectivity index (χ0) is 8.48. The van der Waals surface area contributed by atoms with Crippen LogP contribution in [0.3, 0.4) is 0 Å². The maximum Gasteiger partial charge on any atom is -0.147 e. The van der Waals surface area contributed by atoms with Crippen molar-refractivity contribution in [3.05, 3.63) is 29.8 Å². The van der Waals surface area contributed by atoms with E-state index in [1.54, 1.807) is 0 Å². The molecule has 0 aliphatic carbocycles. The monoisotopic (exact) mass is 295 g/mol. The van der Waals surface area contributed by atoms with Gasteiger partial charge in [-0.25, -0.2) is 0 Å². The Labute approximate surface area is 108 Å². The molecule has 0 nitrogen and oxygen atoms in total. The van der Waals surface area contributed by atoms with Crippen LogP contribution < -0.4 is 3.27 Å². The fraction of sp³-hybridized carbons (Fsp3) is 0.400. The van der Waals surface area contributed by atoms with Gasteiger partial charge < -0.3 is 0 Å². The van der Waals surface area contributed by atoms with Gasteiger partial charge in [-0.1, -0.05) is 0 Å². The number of hydrogen-bond donors (Lipinski definition) is 0. The third kappa shape index (κ3) is 5.20. The predicted octanol–water partition coefficient (Wildman–Crippen LogP) is 3.00. The fourth-order valence-corrected chi connectivity index (χ4v) is 1.38. The van der Waals surface area contributed by atoms with Crippen molar-refractivity contribution >= 4 is 28.1 Å². The molecule has 0 heterocycles. The van der Waals surface area contributed by atoms with E-state index in [1.807, 2.05) is 0 Å². The second-order valence-electron chi connectivity index (χ2n) is 3.83. The third-order valence-electron chi connectivity index (χ3n) is 1.75. The molecular weight excluding hydrogens is 282 g/mol. The van der Waals surface area contributed by atoms with Gasteiger partial charge in [0, 0.05) is 0 Å². The predicted molar refractivity (Wildman–Crippen MR) is 59.3 cm³/mol. The van der Waals surface area contributed by atoms with E-state index in [0.29, 0.717) is 5.41 Å². The summed E-state index contributed by atoms with van der Waals surface area (Å²) in [5.41, 5.74) is 1.72. The van der Waals surface area contributed by atoms with Crippen LogP contribution >= 0.6 is 24.8 Å². The normalized spacial score (nSPS) is 9.69. The molecule has 0 radical (unpaired) electrons. The average Bonchev–Trinajstić information content (AvgIpc) is 1.86. The first-order chi connectivity index (χ1) is 5.00. The minimum atomic E-state index is 0. The molecule has 0 spiro atoms. The van der Waals surface area contributed by atoms with Gasteiger partial charge in [-0.05, 0) is 0 Å². The molecule has 0 saturated heterocycles. The Bertz CT molecular complexity index is 236. The van der Waals surface area contributed by atoms with Crippen molar-refractivity contribution in [3.63, 3.8) is 0 Å². The van der Waals surface area contributed by atoms with Crippen LogP contribution in [-0.4, -0.2) is 0 Å². The maximum absolute atomic E-state index is 2.24. The van der Waals surface area contributed by atoms with Crippen molar-refractivity contribution in [2.24, 2.45) is 0 Å². The molecule has 0 fully saturated rings. The van der Waals surface area contributed by atoms with E-state index < -0.39 is 0 Å². The van der Waals surface area contributed by atoms with Gasteiger partial charge in [-0.2, -0.15) is 0 Å². The van der Waals surface area contributed by atoms with Gasteiger partial charge >= 0.3 is 84.0 Å². The van der Waals surface area contributed by atoms with Crippen molar-refractivity contribution in [2.45, 2.75) is 26.2 Å². The summed E-state index contributed by atoms with van der Waals surface area (Å²) in [4.78, 5) is 0. The Balaban J connectivity index is 0. The zero-order valence-electron chi connectivity index (χ0n) is 8.13. The molecule has 1 rings (SSSR count). The van der Waals surface area contributed by atoms with Gasteiger partial charge in [0.2, 0.25) is 0 Å². The molecule has 0 amide bonds. The van der Waals surface area contributed by atoms with Gasteiger partial charge in [0.1, 0.15) is 0 Å². The van der Waals surface area contributed by atoms with E-state index in [2.05, 4.69) is 45.0 Å². The molecular formula is C10H15Cl2Zr. The smallest absolute Gasteiger partial charge is 0.147 e. The Morgan fingerprint density at radius 1 is 0.923 bits per heavy atom. The van der Waals surface area contributed by atoms with Crippen LogP contribution in [0, 0.1) is 0 Å². The maximum atomic E-state index is 2.24. The molecule has 0 aromatic heterocycles. The minimum Gasteiger partial charge on any atom is -0.147 e. The van der Waals surface area contributed by atoms with Crippen LogP contribution in [0.4, 0.5) is 0 Å². The number of halogens is 2. The van der Waals surface area contributed by atoms with Crippen LogP contribution in [0.2, 0.25) is 0 Å². The molecule has 3 heteroatoms. The summed E-state index contributed by atoms with van der Waals surface area (Å²) in [6.07, 6.45) is 0. The SMILES string of the molecule is CC(C)(C)c1cc[c]([Zr])cc1.Cl.Cl. The average molecular weight is 297 g/mol. The standard InChI is InChI=1S/C10H13.2ClH.Zr/c1-10(2,3)9-7-5-4-6-8-9;;;/h5-8H,1-3H3;2*1H;. The third-order valence-corrected chi connectivity index (χ3v) is 2.57. The molecule has 1 aromatic rings. The van der Waals surface area contributed by atoms with Crippen molar-refractivity contribution < 1.29 is 24.7 Å². The van der Waals surface area contributed by atoms with Crippen LogP contribution in [-0.2, 0) is 30.1 Å². The quantitative estimate of drug-likeness (QED) is 0.690. The summed E-state index contributed by atoms with van der Waals surface area (Å²) in [5.74, 6) is 0. The van der Waals surface area contributed by atoms with Crippen molar-refractivity contribution in [1.29, 1.82) is 0 Å². The van der Waals surface area contributed by atoms with Gasteiger partial charge in [0.15, 0.2) is 0 Å². The summed E-state index contributed by atoms with van der Waals surface area (Å²) in [6, 6.07) is 8.87. The Hall–Kier alpha value is 0.683. The summed E-state index contributed by atoms with van der Waals surface area (Å²) < 4.78 is 1.42. The Kier molecular flexibility index (Phi) is 7.72. The van der Waals surface area contributed by atoms with Crippen molar-refractivity contribution in [1.82, 2.24) is 0 Å². The Morgan fingerprint density at radius 3 is 1.62 bits per heavy atom. The number of rotatable bonds is 0. The summed E-state index contributed by atoms with van der Waals surface area (Å²) in [5, 5.41) is 0. The van der Waals surface area contributed by atoms with Crippen LogP contribution in [0.15, 0.2) is 24.3 Å². The summed E-state index contributed by atoms with van der Waals surface area (Å²) >= 11 is 1.50. The largest absolute Gasteiger partial charge is 0.147 e. The molecule has 0 aliphatic heterocycles. The van der Waals surface area contributed by atoms with E-state index in [4.69, 9.17) is 0 Å².